The van der Waals surface area contributed by atoms with Crippen LogP contribution in [-0.4, -0.2) is 0 Å². The molecule has 0 saturated heterocycles. The highest BCUT2D eigenvalue weighted by molar-refractivity contribution is 6.30. The summed E-state index contributed by atoms with van der Waals surface area (Å²) in [5, 5.41) is 2.89. The molecule has 0 atom stereocenters. The van der Waals surface area contributed by atoms with Gasteiger partial charge in [-0.05, 0) is 17.7 Å². The predicted molar refractivity (Wildman–Crippen MR) is 40.2 cm³/mol. The van der Waals surface area contributed by atoms with Crippen LogP contribution < -0.4 is 0 Å². The molecule has 0 heterocycles. The summed E-state index contributed by atoms with van der Waals surface area (Å²) in [4.78, 5) is 2.31. The molecule has 1 aromatic carbocycles. The number of halogens is 3. The summed E-state index contributed by atoms with van der Waals surface area (Å²) in [5.74, 6) is -2.33. The Hall–Kier alpha value is -1.32. The molecule has 1 aromatic rings. The minimum Gasteiger partial charge on any atom is -0.204 e. The first-order valence-corrected chi connectivity index (χ1v) is 3.22. The van der Waals surface area contributed by atoms with Gasteiger partial charge in [0.25, 0.3) is 0 Å². The Kier molecular flexibility index (Phi) is 2.47. The van der Waals surface area contributed by atoms with Gasteiger partial charge in [0.1, 0.15) is 0 Å². The Labute approximate surface area is 71.2 Å². The normalized spacial score (nSPS) is 9.25. The van der Waals surface area contributed by atoms with Crippen LogP contribution in [0, 0.1) is 11.6 Å². The third-order valence-electron chi connectivity index (χ3n) is 1.13. The van der Waals surface area contributed by atoms with E-state index >= 15 is 0 Å². The molecule has 0 aliphatic heterocycles. The van der Waals surface area contributed by atoms with Crippen molar-refractivity contribution in [2.24, 2.45) is 5.11 Å². The fourth-order valence-electron chi connectivity index (χ4n) is 0.663. The second kappa shape index (κ2) is 3.38. The van der Waals surface area contributed by atoms with Crippen LogP contribution in [0.25, 0.3) is 10.4 Å². The second-order valence-electron chi connectivity index (χ2n) is 1.91. The zero-order chi connectivity index (χ0) is 9.14. The minimum atomic E-state index is -1.20. The molecule has 62 valence electrons. The molecular formula is C6H2ClF2N3. The van der Waals surface area contributed by atoms with Gasteiger partial charge in [0.15, 0.2) is 11.6 Å². The zero-order valence-corrected chi connectivity index (χ0v) is 6.39. The second-order valence-corrected chi connectivity index (χ2v) is 2.35. The van der Waals surface area contributed by atoms with Crippen LogP contribution in [0.4, 0.5) is 14.5 Å². The van der Waals surface area contributed by atoms with E-state index in [4.69, 9.17) is 17.1 Å². The molecule has 1 rings (SSSR count). The smallest absolute Gasteiger partial charge is 0.168 e. The van der Waals surface area contributed by atoms with Crippen molar-refractivity contribution in [3.05, 3.63) is 39.2 Å². The maximum Gasteiger partial charge on any atom is 0.168 e. The van der Waals surface area contributed by atoms with E-state index in [1.807, 2.05) is 0 Å². The first-order valence-electron chi connectivity index (χ1n) is 2.85. The molecule has 0 spiro atoms. The van der Waals surface area contributed by atoms with Crippen molar-refractivity contribution in [1.29, 1.82) is 0 Å². The Morgan fingerprint density at radius 3 is 2.67 bits per heavy atom. The van der Waals surface area contributed by atoms with Crippen molar-refractivity contribution in [2.75, 3.05) is 0 Å². The molecule has 0 aromatic heterocycles. The van der Waals surface area contributed by atoms with Gasteiger partial charge in [0, 0.05) is 9.93 Å². The van der Waals surface area contributed by atoms with Crippen LogP contribution in [0.1, 0.15) is 0 Å². The molecule has 0 aliphatic rings. The molecular weight excluding hydrogens is 188 g/mol. The van der Waals surface area contributed by atoms with E-state index in [-0.39, 0.29) is 5.02 Å². The van der Waals surface area contributed by atoms with E-state index in [9.17, 15) is 8.78 Å². The molecule has 0 aliphatic carbocycles. The maximum absolute atomic E-state index is 12.7. The van der Waals surface area contributed by atoms with Gasteiger partial charge in [-0.2, -0.15) is 0 Å². The van der Waals surface area contributed by atoms with Gasteiger partial charge >= 0.3 is 0 Å². The van der Waals surface area contributed by atoms with E-state index in [1.54, 1.807) is 0 Å². The molecule has 0 bridgehead atoms. The molecule has 0 fully saturated rings. The third kappa shape index (κ3) is 1.64. The van der Waals surface area contributed by atoms with E-state index in [0.717, 1.165) is 12.1 Å². The third-order valence-corrected chi connectivity index (χ3v) is 1.34. The highest BCUT2D eigenvalue weighted by Crippen LogP contribution is 2.25. The molecule has 12 heavy (non-hydrogen) atoms. The van der Waals surface area contributed by atoms with Gasteiger partial charge in [-0.25, -0.2) is 8.78 Å². The summed E-state index contributed by atoms with van der Waals surface area (Å²) in [6.07, 6.45) is 0. The van der Waals surface area contributed by atoms with Crippen molar-refractivity contribution in [1.82, 2.24) is 0 Å². The van der Waals surface area contributed by atoms with E-state index in [2.05, 4.69) is 10.0 Å². The van der Waals surface area contributed by atoms with Gasteiger partial charge < -0.3 is 0 Å². The number of nitrogens with zero attached hydrogens (tertiary/aromatic N) is 3. The van der Waals surface area contributed by atoms with Gasteiger partial charge in [-0.1, -0.05) is 16.7 Å². The van der Waals surface area contributed by atoms with Gasteiger partial charge in [0.05, 0.1) is 5.69 Å². The van der Waals surface area contributed by atoms with Crippen molar-refractivity contribution < 1.29 is 8.78 Å². The van der Waals surface area contributed by atoms with Crippen molar-refractivity contribution >= 4 is 17.3 Å². The van der Waals surface area contributed by atoms with Crippen molar-refractivity contribution in [3.8, 4) is 0 Å². The van der Waals surface area contributed by atoms with Crippen LogP contribution in [-0.2, 0) is 0 Å². The van der Waals surface area contributed by atoms with Crippen LogP contribution in [0.5, 0.6) is 0 Å². The summed E-state index contributed by atoms with van der Waals surface area (Å²) in [6.45, 7) is 0. The molecule has 0 saturated carbocycles. The van der Waals surface area contributed by atoms with Gasteiger partial charge in [-0.15, -0.1) is 0 Å². The lowest BCUT2D eigenvalue weighted by Gasteiger charge is -1.96. The quantitative estimate of drug-likeness (QED) is 0.281. The first-order chi connectivity index (χ1) is 5.65. The van der Waals surface area contributed by atoms with Crippen molar-refractivity contribution in [3.63, 3.8) is 0 Å². The Morgan fingerprint density at radius 2 is 2.08 bits per heavy atom. The number of hydrogen-bond donors (Lipinski definition) is 0. The first kappa shape index (κ1) is 8.77. The Morgan fingerprint density at radius 1 is 1.42 bits per heavy atom. The summed E-state index contributed by atoms with van der Waals surface area (Å²) in [7, 11) is 0. The topological polar surface area (TPSA) is 48.8 Å². The SMILES string of the molecule is [N-]=[N+]=Nc1cc(Cl)cc(F)c1F. The molecule has 0 N–H and O–H groups in total. The molecule has 0 unspecified atom stereocenters. The highest BCUT2D eigenvalue weighted by atomic mass is 35.5. The predicted octanol–water partition coefficient (Wildman–Crippen LogP) is 3.56. The maximum atomic E-state index is 12.7. The van der Waals surface area contributed by atoms with Gasteiger partial charge in [0.2, 0.25) is 0 Å². The average Bonchev–Trinajstić information content (AvgIpc) is 2.00. The van der Waals surface area contributed by atoms with E-state index in [0.29, 0.717) is 0 Å². The van der Waals surface area contributed by atoms with Crippen LogP contribution >= 0.6 is 11.6 Å². The monoisotopic (exact) mass is 189 g/mol. The number of azide groups is 1. The van der Waals surface area contributed by atoms with E-state index in [1.165, 1.54) is 0 Å². The van der Waals surface area contributed by atoms with Crippen LogP contribution in [0.15, 0.2) is 17.2 Å². The largest absolute Gasteiger partial charge is 0.204 e. The standard InChI is InChI=1S/C6H2ClF2N3/c7-3-1-4(8)6(9)5(2-3)11-12-10/h1-2H. The summed E-state index contributed by atoms with van der Waals surface area (Å²) < 4.78 is 25.2. The Bertz CT molecular complexity index is 360. The Balaban J connectivity index is 3.36. The average molecular weight is 190 g/mol. The lowest BCUT2D eigenvalue weighted by Crippen LogP contribution is -1.83. The summed E-state index contributed by atoms with van der Waals surface area (Å²) in [5.41, 5.74) is 7.51. The number of rotatable bonds is 1. The summed E-state index contributed by atoms with van der Waals surface area (Å²) in [6, 6.07) is 1.84. The fraction of sp³-hybridized carbons (Fsp3) is 0. The lowest BCUT2D eigenvalue weighted by atomic mass is 10.3. The zero-order valence-electron chi connectivity index (χ0n) is 5.63. The molecule has 3 nitrogen and oxygen atoms in total. The number of hydrogen-bond acceptors (Lipinski definition) is 1. The molecule has 0 amide bonds. The lowest BCUT2D eigenvalue weighted by molar-refractivity contribution is 0.510. The highest BCUT2D eigenvalue weighted by Gasteiger charge is 2.07. The fourth-order valence-corrected chi connectivity index (χ4v) is 0.862. The van der Waals surface area contributed by atoms with Gasteiger partial charge in [-0.3, -0.25) is 0 Å². The molecule has 6 heteroatoms. The van der Waals surface area contributed by atoms with Crippen LogP contribution in [0.3, 0.4) is 0 Å². The minimum absolute atomic E-state index is 0.0173. The summed E-state index contributed by atoms with van der Waals surface area (Å²) >= 11 is 5.37. The van der Waals surface area contributed by atoms with E-state index < -0.39 is 17.3 Å². The molecule has 0 radical (unpaired) electrons. The van der Waals surface area contributed by atoms with Crippen LogP contribution in [0.2, 0.25) is 5.02 Å². The number of benzene rings is 1. The van der Waals surface area contributed by atoms with Crippen molar-refractivity contribution in [2.45, 2.75) is 0 Å².